The Morgan fingerprint density at radius 1 is 1.05 bits per heavy atom. The number of rotatable bonds is 6. The molecule has 4 aromatic rings. The van der Waals surface area contributed by atoms with E-state index in [-0.39, 0.29) is 23.3 Å². The van der Waals surface area contributed by atoms with Crippen LogP contribution in [0.1, 0.15) is 41.0 Å². The van der Waals surface area contributed by atoms with Crippen LogP contribution in [0.25, 0.3) is 11.2 Å². The van der Waals surface area contributed by atoms with Crippen molar-refractivity contribution in [1.29, 1.82) is 0 Å². The SMILES string of the molecule is CN(C)CCOC12CCC(c3ccccc31)c1ccccc12.Cn1c(=O)c2c(ncn2CC(=O)O)n(C)c1=O. The van der Waals surface area contributed by atoms with E-state index in [0.717, 1.165) is 24.1 Å². The van der Waals surface area contributed by atoms with Crippen LogP contribution in [0, 0.1) is 0 Å². The maximum Gasteiger partial charge on any atom is 0.332 e. The summed E-state index contributed by atoms with van der Waals surface area (Å²) >= 11 is 0. The second kappa shape index (κ2) is 10.3. The van der Waals surface area contributed by atoms with E-state index in [1.54, 1.807) is 0 Å². The monoisotopic (exact) mass is 531 g/mol. The fraction of sp³-hybridized carbons (Fsp3) is 0.379. The van der Waals surface area contributed by atoms with Gasteiger partial charge in [-0.2, -0.15) is 0 Å². The molecule has 2 aromatic carbocycles. The number of aliphatic carboxylic acids is 1. The lowest BCUT2D eigenvalue weighted by molar-refractivity contribution is -0.137. The van der Waals surface area contributed by atoms with Gasteiger partial charge in [0.1, 0.15) is 12.1 Å². The number of nitrogens with zero attached hydrogens (tertiary/aromatic N) is 5. The maximum absolute atomic E-state index is 11.9. The average Bonchev–Trinajstić information content (AvgIpc) is 3.34. The summed E-state index contributed by atoms with van der Waals surface area (Å²) in [5.74, 6) is -0.535. The molecule has 10 nitrogen and oxygen atoms in total. The summed E-state index contributed by atoms with van der Waals surface area (Å²) in [4.78, 5) is 40.2. The Balaban J connectivity index is 0.000000164. The zero-order chi connectivity index (χ0) is 27.9. The normalized spacial score (nSPS) is 18.9. The van der Waals surface area contributed by atoms with Crippen molar-refractivity contribution in [2.75, 3.05) is 27.2 Å². The highest BCUT2D eigenvalue weighted by Crippen LogP contribution is 2.56. The number of carbonyl (C=O) groups is 1. The van der Waals surface area contributed by atoms with E-state index in [4.69, 9.17) is 9.84 Å². The zero-order valence-corrected chi connectivity index (χ0v) is 22.6. The van der Waals surface area contributed by atoms with Crippen molar-refractivity contribution in [3.8, 4) is 0 Å². The predicted octanol–water partition coefficient (Wildman–Crippen LogP) is 2.27. The van der Waals surface area contributed by atoms with Crippen molar-refractivity contribution >= 4 is 17.1 Å². The lowest BCUT2D eigenvalue weighted by atomic mass is 9.61. The zero-order valence-electron chi connectivity index (χ0n) is 22.6. The van der Waals surface area contributed by atoms with E-state index >= 15 is 0 Å². The number of ether oxygens (including phenoxy) is 1. The Kier molecular flexibility index (Phi) is 7.00. The van der Waals surface area contributed by atoms with Gasteiger partial charge >= 0.3 is 11.7 Å². The van der Waals surface area contributed by atoms with Gasteiger partial charge < -0.3 is 19.3 Å². The highest BCUT2D eigenvalue weighted by atomic mass is 16.5. The molecule has 0 fully saturated rings. The van der Waals surface area contributed by atoms with Crippen LogP contribution in [0.2, 0.25) is 0 Å². The smallest absolute Gasteiger partial charge is 0.332 e. The van der Waals surface area contributed by atoms with Crippen LogP contribution in [-0.4, -0.2) is 61.9 Å². The van der Waals surface area contributed by atoms with Gasteiger partial charge in [-0.3, -0.25) is 18.7 Å². The minimum absolute atomic E-state index is 0.108. The summed E-state index contributed by atoms with van der Waals surface area (Å²) in [7, 11) is 7.01. The number of likely N-dealkylation sites (N-methyl/N-ethyl adjacent to an activating group) is 1. The molecule has 0 unspecified atom stereocenters. The third-order valence-electron chi connectivity index (χ3n) is 7.74. The molecule has 39 heavy (non-hydrogen) atoms. The van der Waals surface area contributed by atoms with E-state index in [1.165, 1.54) is 58.2 Å². The summed E-state index contributed by atoms with van der Waals surface area (Å²) in [6, 6.07) is 17.8. The summed E-state index contributed by atoms with van der Waals surface area (Å²) in [6.07, 6.45) is 3.52. The third-order valence-corrected chi connectivity index (χ3v) is 7.74. The first-order valence-corrected chi connectivity index (χ1v) is 13.0. The van der Waals surface area contributed by atoms with E-state index in [2.05, 4.69) is 72.5 Å². The third kappa shape index (κ3) is 4.49. The molecule has 2 bridgehead atoms. The van der Waals surface area contributed by atoms with Gasteiger partial charge in [0, 0.05) is 26.6 Å². The molecule has 3 aliphatic carbocycles. The Hall–Kier alpha value is -4.02. The molecule has 0 amide bonds. The molecule has 0 saturated carbocycles. The summed E-state index contributed by atoms with van der Waals surface area (Å²) in [5, 5.41) is 8.70. The molecule has 204 valence electrons. The van der Waals surface area contributed by atoms with Crippen molar-refractivity contribution < 1.29 is 14.6 Å². The van der Waals surface area contributed by atoms with Crippen LogP contribution in [0.15, 0.2) is 64.4 Å². The second-order valence-corrected chi connectivity index (χ2v) is 10.4. The van der Waals surface area contributed by atoms with Crippen molar-refractivity contribution in [2.45, 2.75) is 30.9 Å². The fourth-order valence-corrected chi connectivity index (χ4v) is 5.87. The topological polar surface area (TPSA) is 112 Å². The Morgan fingerprint density at radius 3 is 2.26 bits per heavy atom. The number of carboxylic acid groups (broad SMARTS) is 1. The molecule has 0 aliphatic heterocycles. The highest BCUT2D eigenvalue weighted by molar-refractivity contribution is 5.74. The van der Waals surface area contributed by atoms with Gasteiger partial charge in [0.2, 0.25) is 0 Å². The van der Waals surface area contributed by atoms with E-state index < -0.39 is 17.2 Å². The van der Waals surface area contributed by atoms with E-state index in [1.807, 2.05) is 0 Å². The van der Waals surface area contributed by atoms with Crippen molar-refractivity contribution in [1.82, 2.24) is 23.6 Å². The molecule has 2 aromatic heterocycles. The van der Waals surface area contributed by atoms with E-state index in [9.17, 15) is 14.4 Å². The number of fused-ring (bicyclic) bond motifs is 2. The van der Waals surface area contributed by atoms with Gasteiger partial charge in [0.15, 0.2) is 11.2 Å². The van der Waals surface area contributed by atoms with Crippen LogP contribution in [0.3, 0.4) is 0 Å². The van der Waals surface area contributed by atoms with Crippen molar-refractivity contribution in [3.63, 3.8) is 0 Å². The van der Waals surface area contributed by atoms with Gasteiger partial charge in [-0.05, 0) is 49.2 Å². The summed E-state index contributed by atoms with van der Waals surface area (Å²) in [5.41, 5.74) is 4.72. The molecule has 0 saturated heterocycles. The van der Waals surface area contributed by atoms with Gasteiger partial charge in [0.05, 0.1) is 12.9 Å². The molecule has 10 heteroatoms. The molecule has 0 atom stereocenters. The fourth-order valence-electron chi connectivity index (χ4n) is 5.87. The minimum atomic E-state index is -1.08. The molecule has 3 aliphatic rings. The molecular weight excluding hydrogens is 498 g/mol. The van der Waals surface area contributed by atoms with Crippen LogP contribution in [-0.2, 0) is 35.8 Å². The lowest BCUT2D eigenvalue weighted by Gasteiger charge is -2.49. The number of hydrogen-bond acceptors (Lipinski definition) is 6. The van der Waals surface area contributed by atoms with Gasteiger partial charge in [-0.15, -0.1) is 0 Å². The van der Waals surface area contributed by atoms with Crippen LogP contribution < -0.4 is 11.2 Å². The molecule has 7 rings (SSSR count). The van der Waals surface area contributed by atoms with E-state index in [0.29, 0.717) is 5.92 Å². The quantitative estimate of drug-likeness (QED) is 0.406. The summed E-state index contributed by atoms with van der Waals surface area (Å²) in [6.45, 7) is 1.35. The van der Waals surface area contributed by atoms with Crippen molar-refractivity contribution in [3.05, 3.63) is 98.0 Å². The molecule has 1 N–H and O–H groups in total. The Bertz CT molecular complexity index is 1620. The van der Waals surface area contributed by atoms with Crippen LogP contribution in [0.5, 0.6) is 0 Å². The first-order chi connectivity index (χ1) is 18.7. The van der Waals surface area contributed by atoms with Crippen molar-refractivity contribution in [2.24, 2.45) is 14.1 Å². The number of aromatic nitrogens is 4. The minimum Gasteiger partial charge on any atom is -0.480 e. The first kappa shape index (κ1) is 26.6. The largest absolute Gasteiger partial charge is 0.480 e. The standard InChI is InChI=1S/C20H23NO.C9H10N4O4/c1-21(2)13-14-22-20-12-11-15(16-7-3-5-9-18(16)20)17-8-4-6-10-19(17)20;1-11-7-6(8(16)12(2)9(11)17)13(4-10-7)3-5(14)15/h3-10,15H,11-14H2,1-2H3;4H,3H2,1-2H3,(H,14,15). The number of carboxylic acids is 1. The maximum atomic E-state index is 11.9. The predicted molar refractivity (Wildman–Crippen MR) is 147 cm³/mol. The molecular formula is C29H33N5O5. The van der Waals surface area contributed by atoms with Gasteiger partial charge in [-0.1, -0.05) is 48.5 Å². The highest BCUT2D eigenvalue weighted by Gasteiger charge is 2.48. The lowest BCUT2D eigenvalue weighted by Crippen LogP contribution is -2.43. The first-order valence-electron chi connectivity index (χ1n) is 13.0. The Morgan fingerprint density at radius 2 is 1.67 bits per heavy atom. The second-order valence-electron chi connectivity index (χ2n) is 10.4. The van der Waals surface area contributed by atoms with Crippen LogP contribution >= 0.6 is 0 Å². The number of benzene rings is 2. The molecule has 2 heterocycles. The van der Waals surface area contributed by atoms with Gasteiger partial charge in [-0.25, -0.2) is 9.78 Å². The summed E-state index contributed by atoms with van der Waals surface area (Å²) < 4.78 is 9.91. The van der Waals surface area contributed by atoms with Gasteiger partial charge in [0.25, 0.3) is 5.56 Å². The molecule has 0 radical (unpaired) electrons. The number of imidazole rings is 1. The average molecular weight is 532 g/mol. The number of aryl methyl sites for hydroxylation is 1. The molecule has 0 spiro atoms. The van der Waals surface area contributed by atoms with Crippen LogP contribution in [0.4, 0.5) is 0 Å². The number of hydrogen-bond donors (Lipinski definition) is 1. The Labute approximate surface area is 225 Å².